The molecular formula is C11H20FNO3. The van der Waals surface area contributed by atoms with Gasteiger partial charge >= 0.3 is 6.09 Å². The second-order valence-electron chi connectivity index (χ2n) is 5.20. The summed E-state index contributed by atoms with van der Waals surface area (Å²) >= 11 is 0. The molecule has 2 atom stereocenters. The molecule has 0 saturated carbocycles. The van der Waals surface area contributed by atoms with Gasteiger partial charge < -0.3 is 14.7 Å². The second kappa shape index (κ2) is 4.99. The number of nitrogens with zero attached hydrogens (tertiary/aromatic N) is 1. The van der Waals surface area contributed by atoms with E-state index in [2.05, 4.69) is 0 Å². The van der Waals surface area contributed by atoms with Crippen molar-refractivity contribution in [1.29, 1.82) is 0 Å². The van der Waals surface area contributed by atoms with Crippen LogP contribution in [-0.4, -0.2) is 47.6 Å². The van der Waals surface area contributed by atoms with Crippen molar-refractivity contribution in [2.24, 2.45) is 5.92 Å². The van der Waals surface area contributed by atoms with Gasteiger partial charge in [0.1, 0.15) is 12.3 Å². The van der Waals surface area contributed by atoms with E-state index in [1.807, 2.05) is 0 Å². The number of amides is 1. The van der Waals surface area contributed by atoms with Crippen molar-refractivity contribution in [3.05, 3.63) is 0 Å². The van der Waals surface area contributed by atoms with Crippen LogP contribution in [0.1, 0.15) is 27.2 Å². The van der Waals surface area contributed by atoms with Gasteiger partial charge in [-0.3, -0.25) is 0 Å². The van der Waals surface area contributed by atoms with Crippen molar-refractivity contribution in [3.8, 4) is 0 Å². The van der Waals surface area contributed by atoms with Crippen LogP contribution in [0.2, 0.25) is 0 Å². The Kier molecular flexibility index (Phi) is 4.13. The van der Waals surface area contributed by atoms with Gasteiger partial charge in [0.25, 0.3) is 0 Å². The smallest absolute Gasteiger partial charge is 0.410 e. The molecule has 16 heavy (non-hydrogen) atoms. The van der Waals surface area contributed by atoms with Crippen LogP contribution in [0.3, 0.4) is 0 Å². The summed E-state index contributed by atoms with van der Waals surface area (Å²) in [5.41, 5.74) is -0.520. The van der Waals surface area contributed by atoms with E-state index in [9.17, 15) is 14.3 Å². The van der Waals surface area contributed by atoms with Crippen LogP contribution in [0.5, 0.6) is 0 Å². The fourth-order valence-corrected chi connectivity index (χ4v) is 1.72. The van der Waals surface area contributed by atoms with Crippen molar-refractivity contribution in [3.63, 3.8) is 0 Å². The molecule has 0 bridgehead atoms. The summed E-state index contributed by atoms with van der Waals surface area (Å²) in [4.78, 5) is 13.2. The van der Waals surface area contributed by atoms with Gasteiger partial charge in [-0.05, 0) is 27.2 Å². The first kappa shape index (κ1) is 13.2. The lowest BCUT2D eigenvalue weighted by molar-refractivity contribution is 0.0259. The zero-order chi connectivity index (χ0) is 12.3. The monoisotopic (exact) mass is 233 g/mol. The maximum atomic E-state index is 12.3. The highest BCUT2D eigenvalue weighted by molar-refractivity contribution is 5.68. The first-order chi connectivity index (χ1) is 7.33. The zero-order valence-corrected chi connectivity index (χ0v) is 10.1. The molecule has 1 N–H and O–H groups in total. The molecule has 1 rings (SSSR count). The molecule has 5 heteroatoms. The predicted octanol–water partition coefficient (Wildman–Crippen LogP) is 1.57. The molecule has 0 aromatic carbocycles. The minimum absolute atomic E-state index is 0.169. The molecule has 0 spiro atoms. The Morgan fingerprint density at radius 3 is 2.75 bits per heavy atom. The van der Waals surface area contributed by atoms with E-state index >= 15 is 0 Å². The van der Waals surface area contributed by atoms with Crippen molar-refractivity contribution in [1.82, 2.24) is 4.90 Å². The van der Waals surface area contributed by atoms with Gasteiger partial charge in [-0.1, -0.05) is 0 Å². The van der Waals surface area contributed by atoms with E-state index in [-0.39, 0.29) is 12.0 Å². The minimum atomic E-state index is -0.965. The van der Waals surface area contributed by atoms with Crippen LogP contribution in [0.4, 0.5) is 9.18 Å². The Balaban J connectivity index is 2.44. The molecule has 0 aliphatic carbocycles. The number of ether oxygens (including phenoxy) is 1. The summed E-state index contributed by atoms with van der Waals surface area (Å²) in [5.74, 6) is -0.169. The highest BCUT2D eigenvalue weighted by Gasteiger charge is 2.33. The van der Waals surface area contributed by atoms with E-state index in [1.165, 1.54) is 4.90 Å². The topological polar surface area (TPSA) is 49.8 Å². The molecule has 4 nitrogen and oxygen atoms in total. The van der Waals surface area contributed by atoms with Crippen LogP contribution >= 0.6 is 0 Å². The lowest BCUT2D eigenvalue weighted by Crippen LogP contribution is -2.36. The van der Waals surface area contributed by atoms with Crippen molar-refractivity contribution in [2.75, 3.05) is 19.8 Å². The number of alkyl halides is 1. The van der Waals surface area contributed by atoms with Crippen LogP contribution in [0, 0.1) is 5.92 Å². The fraction of sp³-hybridized carbons (Fsp3) is 0.909. The van der Waals surface area contributed by atoms with Gasteiger partial charge in [0.15, 0.2) is 0 Å². The van der Waals surface area contributed by atoms with Crippen molar-refractivity contribution in [2.45, 2.75) is 38.9 Å². The molecule has 1 fully saturated rings. The van der Waals surface area contributed by atoms with Crippen LogP contribution in [-0.2, 0) is 4.74 Å². The summed E-state index contributed by atoms with van der Waals surface area (Å²) in [6, 6.07) is 0. The highest BCUT2D eigenvalue weighted by Crippen LogP contribution is 2.22. The first-order valence-electron chi connectivity index (χ1n) is 5.55. The van der Waals surface area contributed by atoms with E-state index in [0.29, 0.717) is 19.5 Å². The summed E-state index contributed by atoms with van der Waals surface area (Å²) in [6.07, 6.45) is -0.724. The van der Waals surface area contributed by atoms with Gasteiger partial charge in [0, 0.05) is 19.0 Å². The number of likely N-dealkylation sites (tertiary alicyclic amines) is 1. The van der Waals surface area contributed by atoms with Gasteiger partial charge in [-0.15, -0.1) is 0 Å². The van der Waals surface area contributed by atoms with Crippen LogP contribution in [0.15, 0.2) is 0 Å². The van der Waals surface area contributed by atoms with Gasteiger partial charge in [0.05, 0.1) is 6.10 Å². The summed E-state index contributed by atoms with van der Waals surface area (Å²) in [5, 5.41) is 9.34. The Bertz CT molecular complexity index is 252. The molecule has 0 aromatic rings. The Morgan fingerprint density at radius 2 is 2.25 bits per heavy atom. The Morgan fingerprint density at radius 1 is 1.62 bits per heavy atom. The highest BCUT2D eigenvalue weighted by atomic mass is 19.1. The lowest BCUT2D eigenvalue weighted by atomic mass is 10.0. The Hall–Kier alpha value is -0.840. The number of rotatable bonds is 2. The molecule has 1 aliphatic heterocycles. The molecule has 1 unspecified atom stereocenters. The molecule has 94 valence electrons. The summed E-state index contributed by atoms with van der Waals surface area (Å²) in [7, 11) is 0. The van der Waals surface area contributed by atoms with Crippen LogP contribution < -0.4 is 0 Å². The van der Waals surface area contributed by atoms with Gasteiger partial charge in [0.2, 0.25) is 0 Å². The van der Waals surface area contributed by atoms with Crippen molar-refractivity contribution < 1.29 is 19.0 Å². The lowest BCUT2D eigenvalue weighted by Gasteiger charge is -2.24. The molecule has 1 saturated heterocycles. The maximum Gasteiger partial charge on any atom is 0.410 e. The quantitative estimate of drug-likeness (QED) is 0.787. The van der Waals surface area contributed by atoms with E-state index in [1.54, 1.807) is 20.8 Å². The minimum Gasteiger partial charge on any atom is -0.444 e. The maximum absolute atomic E-state index is 12.3. The molecule has 1 amide bonds. The molecule has 0 aromatic heterocycles. The molecule has 1 aliphatic rings. The molecule has 1 heterocycles. The third-order valence-electron chi connectivity index (χ3n) is 2.58. The third-order valence-corrected chi connectivity index (χ3v) is 2.58. The third kappa shape index (κ3) is 3.63. The first-order valence-corrected chi connectivity index (χ1v) is 5.55. The number of carbonyl (C=O) groups is 1. The number of hydrogen-bond acceptors (Lipinski definition) is 3. The van der Waals surface area contributed by atoms with E-state index in [0.717, 1.165) is 0 Å². The predicted molar refractivity (Wildman–Crippen MR) is 57.9 cm³/mol. The zero-order valence-electron chi connectivity index (χ0n) is 10.1. The van der Waals surface area contributed by atoms with E-state index in [4.69, 9.17) is 4.74 Å². The largest absolute Gasteiger partial charge is 0.444 e. The van der Waals surface area contributed by atoms with Crippen LogP contribution in [0.25, 0.3) is 0 Å². The summed E-state index contributed by atoms with van der Waals surface area (Å²) < 4.78 is 17.4. The number of carbonyl (C=O) groups excluding carboxylic acids is 1. The summed E-state index contributed by atoms with van der Waals surface area (Å²) in [6.45, 7) is 5.54. The SMILES string of the molecule is CC(C)(C)OC(=O)N1CC[C@H](C(O)CF)C1. The Labute approximate surface area is 95.4 Å². The fourth-order valence-electron chi connectivity index (χ4n) is 1.72. The molecule has 0 radical (unpaired) electrons. The normalized spacial score (nSPS) is 23.3. The number of hydrogen-bond donors (Lipinski definition) is 1. The average Bonchev–Trinajstić information content (AvgIpc) is 2.62. The van der Waals surface area contributed by atoms with E-state index < -0.39 is 18.4 Å². The number of aliphatic hydroxyl groups excluding tert-OH is 1. The average molecular weight is 233 g/mol. The molecular weight excluding hydrogens is 213 g/mol. The number of aliphatic hydroxyl groups is 1. The van der Waals surface area contributed by atoms with Gasteiger partial charge in [-0.25, -0.2) is 9.18 Å². The van der Waals surface area contributed by atoms with Gasteiger partial charge in [-0.2, -0.15) is 0 Å². The standard InChI is InChI=1S/C11H20FNO3/c1-11(2,3)16-10(15)13-5-4-8(7-13)9(14)6-12/h8-9,14H,4-7H2,1-3H3/t8-,9?/m0/s1. The second-order valence-corrected chi connectivity index (χ2v) is 5.20. The number of halogens is 1. The van der Waals surface area contributed by atoms with Crippen molar-refractivity contribution >= 4 is 6.09 Å².